The lowest BCUT2D eigenvalue weighted by atomic mass is 10.1. The van der Waals surface area contributed by atoms with Gasteiger partial charge in [0.2, 0.25) is 11.1 Å². The summed E-state index contributed by atoms with van der Waals surface area (Å²) in [5.41, 5.74) is 0.977. The summed E-state index contributed by atoms with van der Waals surface area (Å²) < 4.78 is 12.9. The van der Waals surface area contributed by atoms with Crippen LogP contribution in [0.3, 0.4) is 0 Å². The monoisotopic (exact) mass is 361 g/mol. The Labute approximate surface area is 149 Å². The third-order valence-electron chi connectivity index (χ3n) is 4.13. The minimum atomic E-state index is -0.122. The van der Waals surface area contributed by atoms with Crippen molar-refractivity contribution in [1.82, 2.24) is 25.5 Å². The molecule has 0 saturated heterocycles. The molecule has 1 atom stereocenters. The number of hydrogen-bond acceptors (Lipinski definition) is 7. The number of aromatic nitrogens is 4. The van der Waals surface area contributed by atoms with Gasteiger partial charge in [-0.2, -0.15) is 0 Å². The first-order valence-electron chi connectivity index (χ1n) is 8.30. The Morgan fingerprint density at radius 3 is 2.96 bits per heavy atom. The fourth-order valence-corrected chi connectivity index (χ4v) is 3.41. The van der Waals surface area contributed by atoms with Gasteiger partial charge in [0.1, 0.15) is 13.2 Å². The number of ether oxygens (including phenoxy) is 2. The lowest BCUT2D eigenvalue weighted by Crippen LogP contribution is -2.28. The van der Waals surface area contributed by atoms with Gasteiger partial charge < -0.3 is 14.8 Å². The maximum absolute atomic E-state index is 12.2. The number of fused-ring (bicyclic) bond motifs is 1. The van der Waals surface area contributed by atoms with Crippen LogP contribution in [0.1, 0.15) is 37.4 Å². The number of nitrogens with zero attached hydrogens (tertiary/aromatic N) is 4. The summed E-state index contributed by atoms with van der Waals surface area (Å²) in [7, 11) is 0. The molecule has 0 bridgehead atoms. The lowest BCUT2D eigenvalue weighted by Gasteiger charge is -2.21. The Bertz CT molecular complexity index is 777. The molecule has 0 radical (unpaired) electrons. The molecule has 25 heavy (non-hydrogen) atoms. The second-order valence-electron chi connectivity index (χ2n) is 6.12. The van der Waals surface area contributed by atoms with E-state index >= 15 is 0 Å². The zero-order valence-corrected chi connectivity index (χ0v) is 14.7. The topological polar surface area (TPSA) is 91.2 Å². The summed E-state index contributed by atoms with van der Waals surface area (Å²) in [6.45, 7) is 3.06. The number of amides is 1. The first kappa shape index (κ1) is 16.2. The number of hydrogen-bond donors (Lipinski definition) is 1. The third-order valence-corrected chi connectivity index (χ3v) is 5.06. The number of thioether (sulfide) groups is 1. The molecule has 0 spiro atoms. The van der Waals surface area contributed by atoms with E-state index in [0.29, 0.717) is 24.4 Å². The van der Waals surface area contributed by atoms with Gasteiger partial charge in [0.05, 0.1) is 17.8 Å². The molecule has 1 saturated carbocycles. The molecule has 1 aromatic carbocycles. The van der Waals surface area contributed by atoms with Crippen molar-refractivity contribution in [2.45, 2.75) is 37.0 Å². The van der Waals surface area contributed by atoms with Gasteiger partial charge in [-0.3, -0.25) is 4.79 Å². The Morgan fingerprint density at radius 1 is 1.36 bits per heavy atom. The normalized spacial score (nSPS) is 17.2. The second-order valence-corrected chi connectivity index (χ2v) is 7.06. The molecule has 1 amide bonds. The van der Waals surface area contributed by atoms with Crippen LogP contribution in [-0.4, -0.2) is 45.1 Å². The summed E-state index contributed by atoms with van der Waals surface area (Å²) >= 11 is 1.36. The predicted molar refractivity (Wildman–Crippen MR) is 90.8 cm³/mol. The van der Waals surface area contributed by atoms with E-state index in [0.717, 1.165) is 29.9 Å². The van der Waals surface area contributed by atoms with E-state index in [9.17, 15) is 4.79 Å². The smallest absolute Gasteiger partial charge is 0.230 e. The number of benzene rings is 1. The zero-order chi connectivity index (χ0) is 17.2. The van der Waals surface area contributed by atoms with Crippen molar-refractivity contribution in [2.75, 3.05) is 19.0 Å². The van der Waals surface area contributed by atoms with E-state index in [1.54, 1.807) is 0 Å². The molecular formula is C16H19N5O3S. The highest BCUT2D eigenvalue weighted by atomic mass is 32.2. The molecule has 2 aromatic rings. The molecule has 1 aliphatic carbocycles. The van der Waals surface area contributed by atoms with Crippen molar-refractivity contribution in [3.63, 3.8) is 0 Å². The number of nitrogens with one attached hydrogen (secondary N) is 1. The Balaban J connectivity index is 1.33. The number of tetrazole rings is 1. The van der Waals surface area contributed by atoms with Gasteiger partial charge >= 0.3 is 0 Å². The first-order valence-corrected chi connectivity index (χ1v) is 9.29. The van der Waals surface area contributed by atoms with Crippen molar-refractivity contribution in [1.29, 1.82) is 0 Å². The highest BCUT2D eigenvalue weighted by Gasteiger charge is 2.28. The van der Waals surface area contributed by atoms with Gasteiger partial charge in [0.25, 0.3) is 0 Å². The Hall–Kier alpha value is -2.29. The maximum atomic E-state index is 12.2. The molecule has 132 valence electrons. The minimum Gasteiger partial charge on any atom is -0.486 e. The van der Waals surface area contributed by atoms with E-state index < -0.39 is 0 Å². The molecule has 1 aliphatic heterocycles. The molecule has 1 unspecified atom stereocenters. The average Bonchev–Trinajstić information content (AvgIpc) is 3.37. The van der Waals surface area contributed by atoms with Crippen molar-refractivity contribution in [2.24, 2.45) is 0 Å². The standard InChI is InChI=1S/C16H19N5O3S/c1-10(11-2-5-13-14(8-11)24-7-6-23-13)17-15(22)9-25-16-18-19-20-21(16)12-3-4-12/h2,5,8,10,12H,3-4,6-7,9H2,1H3,(H,17,22). The molecule has 1 fully saturated rings. The highest BCUT2D eigenvalue weighted by Crippen LogP contribution is 2.36. The van der Waals surface area contributed by atoms with Gasteiger partial charge in [-0.1, -0.05) is 17.8 Å². The molecule has 2 heterocycles. The molecule has 9 heteroatoms. The van der Waals surface area contributed by atoms with Crippen LogP contribution in [0.15, 0.2) is 23.4 Å². The van der Waals surface area contributed by atoms with E-state index in [-0.39, 0.29) is 17.7 Å². The summed E-state index contributed by atoms with van der Waals surface area (Å²) in [5, 5.41) is 15.4. The molecule has 8 nitrogen and oxygen atoms in total. The minimum absolute atomic E-state index is 0.0577. The van der Waals surface area contributed by atoms with E-state index in [4.69, 9.17) is 9.47 Å². The molecule has 4 rings (SSSR count). The molecular weight excluding hydrogens is 342 g/mol. The van der Waals surface area contributed by atoms with Gasteiger partial charge in [0, 0.05) is 0 Å². The van der Waals surface area contributed by atoms with E-state index in [1.807, 2.05) is 29.8 Å². The van der Waals surface area contributed by atoms with Gasteiger partial charge in [0.15, 0.2) is 11.5 Å². The summed E-state index contributed by atoms with van der Waals surface area (Å²) in [4.78, 5) is 12.2. The summed E-state index contributed by atoms with van der Waals surface area (Å²) in [6, 6.07) is 6.02. The van der Waals surface area contributed by atoms with Crippen LogP contribution in [-0.2, 0) is 4.79 Å². The van der Waals surface area contributed by atoms with Crippen molar-refractivity contribution < 1.29 is 14.3 Å². The lowest BCUT2D eigenvalue weighted by molar-refractivity contribution is -0.119. The molecule has 2 aliphatic rings. The molecule has 1 aromatic heterocycles. The van der Waals surface area contributed by atoms with E-state index in [1.165, 1.54) is 11.8 Å². The largest absolute Gasteiger partial charge is 0.486 e. The van der Waals surface area contributed by atoms with Crippen LogP contribution < -0.4 is 14.8 Å². The van der Waals surface area contributed by atoms with Crippen molar-refractivity contribution in [3.05, 3.63) is 23.8 Å². The van der Waals surface area contributed by atoms with E-state index in [2.05, 4.69) is 20.8 Å². The Morgan fingerprint density at radius 2 is 2.16 bits per heavy atom. The molecule has 1 N–H and O–H groups in total. The number of carbonyl (C=O) groups is 1. The Kier molecular flexibility index (Phi) is 4.48. The number of rotatable bonds is 6. The fraction of sp³-hybridized carbons (Fsp3) is 0.500. The van der Waals surface area contributed by atoms with Crippen LogP contribution in [0.25, 0.3) is 0 Å². The second kappa shape index (κ2) is 6.91. The maximum Gasteiger partial charge on any atom is 0.230 e. The average molecular weight is 361 g/mol. The van der Waals surface area contributed by atoms with Gasteiger partial charge in [-0.15, -0.1) is 5.10 Å². The van der Waals surface area contributed by atoms with Gasteiger partial charge in [-0.25, -0.2) is 4.68 Å². The van der Waals surface area contributed by atoms with Crippen LogP contribution in [0.4, 0.5) is 0 Å². The van der Waals surface area contributed by atoms with Crippen LogP contribution in [0.5, 0.6) is 11.5 Å². The highest BCUT2D eigenvalue weighted by molar-refractivity contribution is 7.99. The van der Waals surface area contributed by atoms with Crippen molar-refractivity contribution >= 4 is 17.7 Å². The van der Waals surface area contributed by atoms with Crippen LogP contribution >= 0.6 is 11.8 Å². The zero-order valence-electron chi connectivity index (χ0n) is 13.8. The van der Waals surface area contributed by atoms with Crippen molar-refractivity contribution in [3.8, 4) is 11.5 Å². The quantitative estimate of drug-likeness (QED) is 0.784. The first-order chi connectivity index (χ1) is 12.2. The third kappa shape index (κ3) is 3.71. The van der Waals surface area contributed by atoms with Crippen LogP contribution in [0.2, 0.25) is 0 Å². The summed E-state index contributed by atoms with van der Waals surface area (Å²) in [6.07, 6.45) is 2.21. The van der Waals surface area contributed by atoms with Gasteiger partial charge in [-0.05, 0) is 47.9 Å². The van der Waals surface area contributed by atoms with Crippen LogP contribution in [0, 0.1) is 0 Å². The fourth-order valence-electron chi connectivity index (χ4n) is 2.65. The predicted octanol–water partition coefficient (Wildman–Crippen LogP) is 1.75. The SMILES string of the molecule is CC(NC(=O)CSc1nnnn1C1CC1)c1ccc2c(c1)OCCO2. The summed E-state index contributed by atoms with van der Waals surface area (Å²) in [5.74, 6) is 1.69. The number of carbonyl (C=O) groups excluding carboxylic acids is 1.